The summed E-state index contributed by atoms with van der Waals surface area (Å²) >= 11 is 0. The van der Waals surface area contributed by atoms with Crippen LogP contribution >= 0.6 is 0 Å². The van der Waals surface area contributed by atoms with Crippen LogP contribution in [-0.4, -0.2) is 36.3 Å². The molecule has 188 valence electrons. The third kappa shape index (κ3) is 3.82. The van der Waals surface area contributed by atoms with Crippen LogP contribution in [-0.2, 0) is 11.4 Å². The van der Waals surface area contributed by atoms with E-state index < -0.39 is 11.9 Å². The molecule has 2 aliphatic heterocycles. The second kappa shape index (κ2) is 8.69. The minimum atomic E-state index is -1.86. The minimum absolute atomic E-state index is 0.133. The number of fused-ring (bicyclic) bond motifs is 3. The van der Waals surface area contributed by atoms with Gasteiger partial charge in [0, 0.05) is 30.5 Å². The highest BCUT2D eigenvalue weighted by Crippen LogP contribution is 2.53. The lowest BCUT2D eigenvalue weighted by Gasteiger charge is -2.22. The third-order valence-corrected chi connectivity index (χ3v) is 6.77. The van der Waals surface area contributed by atoms with Gasteiger partial charge >= 0.3 is 0 Å². The smallest absolute Gasteiger partial charge is 0.236 e. The molecule has 0 saturated heterocycles. The van der Waals surface area contributed by atoms with Crippen LogP contribution in [0, 0.1) is 0 Å². The second-order valence-electron chi connectivity index (χ2n) is 9.29. The fraction of sp³-hybridized carbons (Fsp3) is 0.207. The Bertz CT molecular complexity index is 1520. The van der Waals surface area contributed by atoms with Gasteiger partial charge in [0.25, 0.3) is 0 Å². The van der Waals surface area contributed by atoms with Crippen LogP contribution in [0.25, 0.3) is 21.9 Å². The molecular weight excluding hydrogens is 474 g/mol. The first-order valence-electron chi connectivity index (χ1n) is 11.9. The van der Waals surface area contributed by atoms with Crippen LogP contribution in [0.4, 0.5) is 5.69 Å². The van der Waals surface area contributed by atoms with Crippen molar-refractivity contribution in [1.29, 1.82) is 0 Å². The van der Waals surface area contributed by atoms with E-state index in [1.54, 1.807) is 13.1 Å². The Balaban J connectivity index is 1.52. The van der Waals surface area contributed by atoms with E-state index in [9.17, 15) is 15.0 Å². The molecule has 2 N–H and O–H groups in total. The number of hydrogen-bond donors (Lipinski definition) is 2. The predicted octanol–water partition coefficient (Wildman–Crippen LogP) is 4.54. The van der Waals surface area contributed by atoms with E-state index in [4.69, 9.17) is 18.9 Å². The molecule has 4 aromatic carbocycles. The molecule has 0 saturated carbocycles. The minimum Gasteiger partial charge on any atom is -0.485 e. The van der Waals surface area contributed by atoms with E-state index in [0.29, 0.717) is 39.6 Å². The quantitative estimate of drug-likeness (QED) is 0.376. The van der Waals surface area contributed by atoms with Gasteiger partial charge in [-0.25, -0.2) is 0 Å². The van der Waals surface area contributed by atoms with Gasteiger partial charge in [0.15, 0.2) is 23.0 Å². The molecule has 0 bridgehead atoms. The molecule has 0 radical (unpaired) electrons. The van der Waals surface area contributed by atoms with E-state index in [1.165, 1.54) is 11.8 Å². The fourth-order valence-electron chi connectivity index (χ4n) is 4.92. The molecule has 2 unspecified atom stereocenters. The van der Waals surface area contributed by atoms with Crippen molar-refractivity contribution < 1.29 is 34.0 Å². The lowest BCUT2D eigenvalue weighted by Crippen LogP contribution is -2.33. The number of aliphatic hydroxyl groups is 2. The maximum atomic E-state index is 12.0. The van der Waals surface area contributed by atoms with Crippen molar-refractivity contribution in [3.05, 3.63) is 77.9 Å². The maximum Gasteiger partial charge on any atom is 0.236 e. The Morgan fingerprint density at radius 3 is 2.54 bits per heavy atom. The first-order valence-corrected chi connectivity index (χ1v) is 11.9. The number of aliphatic hydroxyl groups excluding tert-OH is 1. The second-order valence-corrected chi connectivity index (χ2v) is 9.29. The van der Waals surface area contributed by atoms with Crippen LogP contribution < -0.4 is 23.8 Å². The van der Waals surface area contributed by atoms with Crippen LogP contribution in [0.15, 0.2) is 66.7 Å². The Kier molecular flexibility index (Phi) is 5.43. The number of hydrogen-bond acceptors (Lipinski definition) is 7. The number of rotatable bonds is 6. The molecule has 37 heavy (non-hydrogen) atoms. The van der Waals surface area contributed by atoms with Gasteiger partial charge in [-0.15, -0.1) is 0 Å². The van der Waals surface area contributed by atoms with Gasteiger partial charge < -0.3 is 34.1 Å². The highest BCUT2D eigenvalue weighted by Gasteiger charge is 2.46. The van der Waals surface area contributed by atoms with Gasteiger partial charge in [0.05, 0.1) is 5.69 Å². The topological polar surface area (TPSA) is 97.7 Å². The Morgan fingerprint density at radius 1 is 1.05 bits per heavy atom. The van der Waals surface area contributed by atoms with E-state index in [1.807, 2.05) is 60.7 Å². The molecule has 0 aromatic heterocycles. The average Bonchev–Trinajstić information content (AvgIpc) is 3.46. The molecular formula is C29H25NO7. The number of carbonyl (C=O) groups is 1. The highest BCUT2D eigenvalue weighted by molar-refractivity contribution is 6.07. The molecule has 8 heteroatoms. The van der Waals surface area contributed by atoms with Crippen molar-refractivity contribution in [3.8, 4) is 34.1 Å². The van der Waals surface area contributed by atoms with Gasteiger partial charge in [-0.1, -0.05) is 42.5 Å². The lowest BCUT2D eigenvalue weighted by molar-refractivity contribution is -0.175. The standard InChI is InChI=1S/C29H25NO7/c1-29(33)28(32)25-19(10-11-22(27(25)37-29)34-14-17-6-4-3-5-7-17)20-9-8-18-12-23-24(36-16-35-23)13-21(18)26(20)30(2)15-31/h3-13,15,28,32-33H,14,16H2,1-2H3. The zero-order valence-corrected chi connectivity index (χ0v) is 20.3. The zero-order chi connectivity index (χ0) is 25.7. The molecule has 0 spiro atoms. The summed E-state index contributed by atoms with van der Waals surface area (Å²) in [6.45, 7) is 1.83. The molecule has 0 aliphatic carbocycles. The summed E-state index contributed by atoms with van der Waals surface area (Å²) < 4.78 is 23.0. The predicted molar refractivity (Wildman–Crippen MR) is 137 cm³/mol. The van der Waals surface area contributed by atoms with Crippen LogP contribution in [0.1, 0.15) is 24.2 Å². The molecule has 0 fully saturated rings. The Morgan fingerprint density at radius 2 is 1.78 bits per heavy atom. The van der Waals surface area contributed by atoms with E-state index in [2.05, 4.69) is 0 Å². The molecule has 2 aliphatic rings. The average molecular weight is 500 g/mol. The van der Waals surface area contributed by atoms with E-state index in [-0.39, 0.29) is 19.1 Å². The molecule has 6 rings (SSSR count). The molecule has 2 atom stereocenters. The SMILES string of the molecule is CN(C=O)c1c(-c2ccc(OCc3ccccc3)c3c2C(O)C(C)(O)O3)ccc2cc3c(cc12)OCO3. The summed E-state index contributed by atoms with van der Waals surface area (Å²) in [4.78, 5) is 13.5. The lowest BCUT2D eigenvalue weighted by atomic mass is 9.90. The fourth-order valence-corrected chi connectivity index (χ4v) is 4.92. The summed E-state index contributed by atoms with van der Waals surface area (Å²) in [5, 5.41) is 23.6. The normalized spacial score (nSPS) is 19.4. The van der Waals surface area contributed by atoms with Crippen molar-refractivity contribution >= 4 is 22.9 Å². The van der Waals surface area contributed by atoms with Crippen LogP contribution in [0.2, 0.25) is 0 Å². The molecule has 4 aromatic rings. The van der Waals surface area contributed by atoms with E-state index >= 15 is 0 Å². The molecule has 8 nitrogen and oxygen atoms in total. The maximum absolute atomic E-state index is 12.0. The summed E-state index contributed by atoms with van der Waals surface area (Å²) in [6, 6.07) is 20.7. The highest BCUT2D eigenvalue weighted by atomic mass is 16.7. The first kappa shape index (κ1) is 23.1. The number of nitrogens with zero attached hydrogens (tertiary/aromatic N) is 1. The molecule has 2 heterocycles. The van der Waals surface area contributed by atoms with Crippen LogP contribution in [0.5, 0.6) is 23.0 Å². The summed E-state index contributed by atoms with van der Waals surface area (Å²) in [7, 11) is 1.66. The van der Waals surface area contributed by atoms with Crippen molar-refractivity contribution in [2.75, 3.05) is 18.7 Å². The number of carbonyl (C=O) groups excluding carboxylic acids is 1. The number of anilines is 1. The number of amides is 1. The number of benzene rings is 4. The van der Waals surface area contributed by atoms with Crippen LogP contribution in [0.3, 0.4) is 0 Å². The summed E-state index contributed by atoms with van der Waals surface area (Å²) in [5.74, 6) is 0.0281. The van der Waals surface area contributed by atoms with Gasteiger partial charge in [-0.2, -0.15) is 0 Å². The van der Waals surface area contributed by atoms with Crippen molar-refractivity contribution in [1.82, 2.24) is 0 Å². The first-order chi connectivity index (χ1) is 17.9. The monoisotopic (exact) mass is 499 g/mol. The largest absolute Gasteiger partial charge is 0.485 e. The van der Waals surface area contributed by atoms with Crippen molar-refractivity contribution in [2.24, 2.45) is 0 Å². The van der Waals surface area contributed by atoms with Crippen molar-refractivity contribution in [3.63, 3.8) is 0 Å². The Labute approximate surface area is 213 Å². The van der Waals surface area contributed by atoms with Crippen molar-refractivity contribution in [2.45, 2.75) is 25.4 Å². The molecule has 1 amide bonds. The van der Waals surface area contributed by atoms with Gasteiger partial charge in [0.2, 0.25) is 19.0 Å². The Hall–Kier alpha value is -4.27. The van der Waals surface area contributed by atoms with E-state index in [0.717, 1.165) is 22.7 Å². The summed E-state index contributed by atoms with van der Waals surface area (Å²) in [5.41, 5.74) is 3.25. The van der Waals surface area contributed by atoms with Gasteiger partial charge in [0.1, 0.15) is 12.7 Å². The number of ether oxygens (including phenoxy) is 4. The van der Waals surface area contributed by atoms with Gasteiger partial charge in [-0.3, -0.25) is 4.79 Å². The van der Waals surface area contributed by atoms with Gasteiger partial charge in [-0.05, 0) is 40.8 Å². The summed E-state index contributed by atoms with van der Waals surface area (Å²) in [6.07, 6.45) is -0.622. The third-order valence-electron chi connectivity index (χ3n) is 6.77. The zero-order valence-electron chi connectivity index (χ0n) is 20.3.